The minimum absolute atomic E-state index is 0.503. The third kappa shape index (κ3) is 6.81. The van der Waals surface area contributed by atoms with E-state index in [-0.39, 0.29) is 0 Å². The molecule has 11 aromatic rings. The Kier molecular flexibility index (Phi) is 9.81. The molecule has 0 aromatic heterocycles. The molecule has 1 aliphatic rings. The maximum Gasteiger partial charge on any atom is 0.0714 e. The fourth-order valence-electron chi connectivity index (χ4n) is 10.4. The van der Waals surface area contributed by atoms with E-state index in [9.17, 15) is 0 Å². The number of rotatable bonds is 9. The molecule has 0 radical (unpaired) electrons. The lowest BCUT2D eigenvalue weighted by Crippen LogP contribution is -2.28. The van der Waals surface area contributed by atoms with Crippen molar-refractivity contribution in [2.45, 2.75) is 5.41 Å². The van der Waals surface area contributed by atoms with Crippen molar-refractivity contribution in [3.05, 3.63) is 295 Å². The van der Waals surface area contributed by atoms with E-state index in [0.717, 1.165) is 17.1 Å². The zero-order valence-electron chi connectivity index (χ0n) is 36.4. The zero-order valence-corrected chi connectivity index (χ0v) is 36.4. The third-order valence-electron chi connectivity index (χ3n) is 13.5. The molecule has 0 amide bonds. The number of nitrogens with zero attached hydrogens (tertiary/aromatic N) is 1. The summed E-state index contributed by atoms with van der Waals surface area (Å²) in [6.07, 6.45) is 0. The van der Waals surface area contributed by atoms with E-state index in [1.807, 2.05) is 0 Å². The molecule has 0 atom stereocenters. The second-order valence-electron chi connectivity index (χ2n) is 17.3. The minimum atomic E-state index is -0.503. The normalized spacial score (nSPS) is 12.4. The molecule has 0 saturated carbocycles. The maximum absolute atomic E-state index is 2.45. The van der Waals surface area contributed by atoms with Crippen molar-refractivity contribution in [2.24, 2.45) is 0 Å². The SMILES string of the molecule is c1ccc(-c2ccc(N(c3ccc(-c4cccc(-c5cccc(-c6ccc7ccccc7c6)c5)c4)cc3)c3ccc4c(c3)C(c3ccccc3)(c3ccccc3)c3ccccc3-4)cc2)cc1. The van der Waals surface area contributed by atoms with Gasteiger partial charge < -0.3 is 4.90 Å². The Labute approximate surface area is 387 Å². The highest BCUT2D eigenvalue weighted by molar-refractivity contribution is 5.91. The van der Waals surface area contributed by atoms with Crippen molar-refractivity contribution in [3.63, 3.8) is 0 Å². The van der Waals surface area contributed by atoms with Crippen molar-refractivity contribution in [2.75, 3.05) is 4.90 Å². The van der Waals surface area contributed by atoms with E-state index in [1.54, 1.807) is 0 Å². The Morgan fingerprint density at radius 3 is 1.24 bits per heavy atom. The van der Waals surface area contributed by atoms with Gasteiger partial charge in [-0.15, -0.1) is 0 Å². The van der Waals surface area contributed by atoms with Crippen molar-refractivity contribution in [3.8, 4) is 55.6 Å². The summed E-state index contributed by atoms with van der Waals surface area (Å²) in [4.78, 5) is 2.41. The van der Waals surface area contributed by atoms with Crippen LogP contribution in [0, 0.1) is 0 Å². The average Bonchev–Trinajstić information content (AvgIpc) is 3.70. The zero-order chi connectivity index (χ0) is 43.9. The Balaban J connectivity index is 0.956. The summed E-state index contributed by atoms with van der Waals surface area (Å²) in [6, 6.07) is 100. The molecule has 12 rings (SSSR count). The van der Waals surface area contributed by atoms with Crippen molar-refractivity contribution in [1.29, 1.82) is 0 Å². The van der Waals surface area contributed by atoms with Gasteiger partial charge in [-0.3, -0.25) is 0 Å². The highest BCUT2D eigenvalue weighted by Crippen LogP contribution is 2.57. The molecule has 0 N–H and O–H groups in total. The van der Waals surface area contributed by atoms with Gasteiger partial charge in [-0.05, 0) is 143 Å². The lowest BCUT2D eigenvalue weighted by molar-refractivity contribution is 0.768. The number of fused-ring (bicyclic) bond motifs is 4. The van der Waals surface area contributed by atoms with Crippen molar-refractivity contribution < 1.29 is 0 Å². The first-order valence-electron chi connectivity index (χ1n) is 22.8. The molecule has 310 valence electrons. The van der Waals surface area contributed by atoms with Crippen LogP contribution in [0.3, 0.4) is 0 Å². The Bertz CT molecular complexity index is 3460. The van der Waals surface area contributed by atoms with E-state index in [2.05, 4.69) is 278 Å². The summed E-state index contributed by atoms with van der Waals surface area (Å²) >= 11 is 0. The van der Waals surface area contributed by atoms with Gasteiger partial charge >= 0.3 is 0 Å². The lowest BCUT2D eigenvalue weighted by atomic mass is 9.67. The molecule has 66 heavy (non-hydrogen) atoms. The number of benzene rings is 11. The van der Waals surface area contributed by atoms with E-state index in [4.69, 9.17) is 0 Å². The molecule has 1 nitrogen and oxygen atoms in total. The summed E-state index contributed by atoms with van der Waals surface area (Å²) in [6.45, 7) is 0. The topological polar surface area (TPSA) is 3.24 Å². The van der Waals surface area contributed by atoms with Crippen LogP contribution in [0.5, 0.6) is 0 Å². The number of hydrogen-bond acceptors (Lipinski definition) is 1. The second-order valence-corrected chi connectivity index (χ2v) is 17.3. The Morgan fingerprint density at radius 2 is 0.636 bits per heavy atom. The van der Waals surface area contributed by atoms with Crippen molar-refractivity contribution in [1.82, 2.24) is 0 Å². The van der Waals surface area contributed by atoms with Gasteiger partial charge in [0.15, 0.2) is 0 Å². The largest absolute Gasteiger partial charge is 0.310 e. The summed E-state index contributed by atoms with van der Waals surface area (Å²) in [5.41, 5.74) is 20.0. The van der Waals surface area contributed by atoms with Crippen LogP contribution in [-0.2, 0) is 5.41 Å². The molecule has 0 fully saturated rings. The predicted molar refractivity (Wildman–Crippen MR) is 278 cm³/mol. The van der Waals surface area contributed by atoms with Crippen LogP contribution in [0.1, 0.15) is 22.3 Å². The summed E-state index contributed by atoms with van der Waals surface area (Å²) in [7, 11) is 0. The van der Waals surface area contributed by atoms with E-state index < -0.39 is 5.41 Å². The van der Waals surface area contributed by atoms with E-state index in [0.29, 0.717) is 0 Å². The number of hydrogen-bond donors (Lipinski definition) is 0. The van der Waals surface area contributed by atoms with Gasteiger partial charge in [-0.2, -0.15) is 0 Å². The molecule has 0 aliphatic heterocycles. The smallest absolute Gasteiger partial charge is 0.0714 e. The van der Waals surface area contributed by atoms with Gasteiger partial charge in [0.05, 0.1) is 5.41 Å². The predicted octanol–water partition coefficient (Wildman–Crippen LogP) is 17.3. The average molecular weight is 840 g/mol. The first kappa shape index (κ1) is 39.1. The van der Waals surface area contributed by atoms with Gasteiger partial charge in [0.2, 0.25) is 0 Å². The highest BCUT2D eigenvalue weighted by Gasteiger charge is 2.46. The molecule has 1 heteroatoms. The lowest BCUT2D eigenvalue weighted by Gasteiger charge is -2.35. The Hall–Kier alpha value is -8.52. The Morgan fingerprint density at radius 1 is 0.227 bits per heavy atom. The molecule has 0 heterocycles. The van der Waals surface area contributed by atoms with E-state index in [1.165, 1.54) is 88.7 Å². The minimum Gasteiger partial charge on any atom is -0.310 e. The summed E-state index contributed by atoms with van der Waals surface area (Å²) in [5.74, 6) is 0. The second kappa shape index (κ2) is 16.6. The first-order chi connectivity index (χ1) is 32.7. The third-order valence-corrected chi connectivity index (χ3v) is 13.5. The summed E-state index contributed by atoms with van der Waals surface area (Å²) < 4.78 is 0. The molecule has 1 aliphatic carbocycles. The first-order valence-corrected chi connectivity index (χ1v) is 22.8. The van der Waals surface area contributed by atoms with E-state index >= 15 is 0 Å². The van der Waals surface area contributed by atoms with Gasteiger partial charge in [-0.25, -0.2) is 0 Å². The molecule has 0 unspecified atom stereocenters. The van der Waals surface area contributed by atoms with Gasteiger partial charge in [0, 0.05) is 17.1 Å². The molecule has 0 bridgehead atoms. The monoisotopic (exact) mass is 839 g/mol. The number of anilines is 3. The van der Waals surface area contributed by atoms with Gasteiger partial charge in [-0.1, -0.05) is 218 Å². The molecular formula is C65H45N. The van der Waals surface area contributed by atoms with Crippen LogP contribution in [-0.4, -0.2) is 0 Å². The van der Waals surface area contributed by atoms with Crippen molar-refractivity contribution >= 4 is 27.8 Å². The highest BCUT2D eigenvalue weighted by atomic mass is 15.1. The molecular weight excluding hydrogens is 795 g/mol. The maximum atomic E-state index is 2.45. The summed E-state index contributed by atoms with van der Waals surface area (Å²) in [5, 5.41) is 2.51. The van der Waals surface area contributed by atoms with Crippen LogP contribution >= 0.6 is 0 Å². The molecule has 0 spiro atoms. The fourth-order valence-corrected chi connectivity index (χ4v) is 10.4. The molecule has 0 saturated heterocycles. The molecule has 11 aromatic carbocycles. The quantitative estimate of drug-likeness (QED) is 0.140. The van der Waals surface area contributed by atoms with Crippen LogP contribution < -0.4 is 4.90 Å². The van der Waals surface area contributed by atoms with Crippen LogP contribution in [0.4, 0.5) is 17.1 Å². The van der Waals surface area contributed by atoms with Gasteiger partial charge in [0.1, 0.15) is 0 Å². The van der Waals surface area contributed by atoms with Gasteiger partial charge in [0.25, 0.3) is 0 Å². The fraction of sp³-hybridized carbons (Fsp3) is 0.0154. The van der Waals surface area contributed by atoms with Crippen LogP contribution in [0.15, 0.2) is 273 Å². The van der Waals surface area contributed by atoms with Crippen LogP contribution in [0.25, 0.3) is 66.4 Å². The standard InChI is InChI=1S/C65H45N/c1-4-16-46(17-5-1)48-32-36-58(37-33-48)66(60-40-41-62-61-28-12-13-29-63(61)65(64(62)45-60,56-24-6-2-7-25-56)57-26-8-3-9-27-57)59-38-34-49(35-39-59)51-20-14-21-52(42-51)53-22-15-23-54(44-53)55-31-30-47-18-10-11-19-50(47)43-55/h1-45H. The van der Waals surface area contributed by atoms with Crippen LogP contribution in [0.2, 0.25) is 0 Å².